The molecule has 1 aromatic heterocycles. The van der Waals surface area contributed by atoms with E-state index in [1.165, 1.54) is 12.1 Å². The van der Waals surface area contributed by atoms with E-state index >= 15 is 0 Å². The van der Waals surface area contributed by atoms with Gasteiger partial charge in [0.15, 0.2) is 11.5 Å². The number of fused-ring (bicyclic) bond motifs is 1. The summed E-state index contributed by atoms with van der Waals surface area (Å²) in [5.74, 6) is 0.510. The standard InChI is InChI=1S/C8H6N2O3/c1-5-9-7-4-6(10(11)12)2-3-8(7)13-5/h2-4H,1H3. The summed E-state index contributed by atoms with van der Waals surface area (Å²) in [6.07, 6.45) is 0. The monoisotopic (exact) mass is 178 g/mol. The lowest BCUT2D eigenvalue weighted by atomic mass is 10.3. The first kappa shape index (κ1) is 7.72. The number of aryl methyl sites for hydroxylation is 1. The van der Waals surface area contributed by atoms with E-state index in [0.717, 1.165) is 0 Å². The van der Waals surface area contributed by atoms with Crippen LogP contribution in [0.4, 0.5) is 5.69 Å². The Morgan fingerprint density at radius 3 is 3.00 bits per heavy atom. The second kappa shape index (κ2) is 2.55. The Morgan fingerprint density at radius 2 is 2.31 bits per heavy atom. The van der Waals surface area contributed by atoms with Gasteiger partial charge >= 0.3 is 0 Å². The normalized spacial score (nSPS) is 10.5. The van der Waals surface area contributed by atoms with Crippen molar-refractivity contribution in [2.75, 3.05) is 0 Å². The third kappa shape index (κ3) is 1.24. The first-order chi connectivity index (χ1) is 6.16. The van der Waals surface area contributed by atoms with Gasteiger partial charge in [-0.15, -0.1) is 0 Å². The molecule has 0 aliphatic heterocycles. The number of non-ortho nitro benzene ring substituents is 1. The zero-order chi connectivity index (χ0) is 9.42. The number of hydrogen-bond donors (Lipinski definition) is 0. The second-order valence-electron chi connectivity index (χ2n) is 2.64. The SMILES string of the molecule is Cc1nc2cc([N+](=O)[O-])ccc2o1. The smallest absolute Gasteiger partial charge is 0.271 e. The van der Waals surface area contributed by atoms with Gasteiger partial charge in [-0.2, -0.15) is 0 Å². The molecule has 13 heavy (non-hydrogen) atoms. The zero-order valence-corrected chi connectivity index (χ0v) is 6.85. The number of hydrogen-bond acceptors (Lipinski definition) is 4. The highest BCUT2D eigenvalue weighted by atomic mass is 16.6. The third-order valence-corrected chi connectivity index (χ3v) is 1.69. The van der Waals surface area contributed by atoms with E-state index in [4.69, 9.17) is 4.42 Å². The Hall–Kier alpha value is -1.91. The highest BCUT2D eigenvalue weighted by Crippen LogP contribution is 2.20. The van der Waals surface area contributed by atoms with Crippen molar-refractivity contribution in [3.05, 3.63) is 34.2 Å². The van der Waals surface area contributed by atoms with Crippen LogP contribution in [0.3, 0.4) is 0 Å². The van der Waals surface area contributed by atoms with Gasteiger partial charge in [-0.05, 0) is 6.07 Å². The number of rotatable bonds is 1. The molecule has 5 nitrogen and oxygen atoms in total. The fourth-order valence-corrected chi connectivity index (χ4v) is 1.14. The number of nitrogens with zero attached hydrogens (tertiary/aromatic N) is 2. The van der Waals surface area contributed by atoms with Gasteiger partial charge in [0, 0.05) is 19.1 Å². The van der Waals surface area contributed by atoms with Gasteiger partial charge in [-0.25, -0.2) is 4.98 Å². The summed E-state index contributed by atoms with van der Waals surface area (Å²) in [5, 5.41) is 10.4. The van der Waals surface area contributed by atoms with Crippen molar-refractivity contribution < 1.29 is 9.34 Å². The quantitative estimate of drug-likeness (QED) is 0.495. The molecule has 0 spiro atoms. The maximum absolute atomic E-state index is 10.4. The summed E-state index contributed by atoms with van der Waals surface area (Å²) in [6.45, 7) is 1.70. The molecule has 2 rings (SSSR count). The van der Waals surface area contributed by atoms with Crippen LogP contribution in [0.5, 0.6) is 0 Å². The van der Waals surface area contributed by atoms with Crippen LogP contribution in [0.1, 0.15) is 5.89 Å². The molecule has 0 radical (unpaired) electrons. The molecule has 0 bridgehead atoms. The predicted octanol–water partition coefficient (Wildman–Crippen LogP) is 2.04. The van der Waals surface area contributed by atoms with Crippen LogP contribution in [0.25, 0.3) is 11.1 Å². The van der Waals surface area contributed by atoms with E-state index in [9.17, 15) is 10.1 Å². The fraction of sp³-hybridized carbons (Fsp3) is 0.125. The summed E-state index contributed by atoms with van der Waals surface area (Å²) in [4.78, 5) is 13.9. The lowest BCUT2D eigenvalue weighted by Crippen LogP contribution is -1.86. The highest BCUT2D eigenvalue weighted by Gasteiger charge is 2.09. The molecular weight excluding hydrogens is 172 g/mol. The van der Waals surface area contributed by atoms with E-state index in [-0.39, 0.29) is 5.69 Å². The number of nitro benzene ring substituents is 1. The van der Waals surface area contributed by atoms with Crippen molar-refractivity contribution in [1.82, 2.24) is 4.98 Å². The van der Waals surface area contributed by atoms with Crippen LogP contribution >= 0.6 is 0 Å². The first-order valence-electron chi connectivity index (χ1n) is 3.68. The topological polar surface area (TPSA) is 69.2 Å². The van der Waals surface area contributed by atoms with Crippen LogP contribution in [0.15, 0.2) is 22.6 Å². The molecule has 5 heteroatoms. The number of oxazole rings is 1. The molecule has 66 valence electrons. The number of benzene rings is 1. The lowest BCUT2D eigenvalue weighted by Gasteiger charge is -1.88. The average molecular weight is 178 g/mol. The van der Waals surface area contributed by atoms with E-state index in [0.29, 0.717) is 17.0 Å². The number of nitro groups is 1. The molecule has 0 saturated heterocycles. The van der Waals surface area contributed by atoms with E-state index in [1.54, 1.807) is 13.0 Å². The molecule has 0 aliphatic carbocycles. The molecule has 0 saturated carbocycles. The van der Waals surface area contributed by atoms with Gasteiger partial charge in [0.25, 0.3) is 5.69 Å². The molecule has 1 heterocycles. The van der Waals surface area contributed by atoms with Crippen molar-refractivity contribution in [3.63, 3.8) is 0 Å². The molecule has 2 aromatic rings. The van der Waals surface area contributed by atoms with Crippen LogP contribution in [-0.2, 0) is 0 Å². The molecule has 1 aromatic carbocycles. The first-order valence-corrected chi connectivity index (χ1v) is 3.68. The minimum absolute atomic E-state index is 0.0285. The molecule has 0 N–H and O–H groups in total. The Morgan fingerprint density at radius 1 is 1.54 bits per heavy atom. The summed E-state index contributed by atoms with van der Waals surface area (Å²) in [7, 11) is 0. The summed E-state index contributed by atoms with van der Waals surface area (Å²) >= 11 is 0. The molecule has 0 unspecified atom stereocenters. The van der Waals surface area contributed by atoms with Crippen molar-refractivity contribution in [2.24, 2.45) is 0 Å². The van der Waals surface area contributed by atoms with Crippen LogP contribution in [0, 0.1) is 17.0 Å². The molecular formula is C8H6N2O3. The van der Waals surface area contributed by atoms with Gasteiger partial charge in [0.05, 0.1) is 4.92 Å². The van der Waals surface area contributed by atoms with Gasteiger partial charge in [-0.3, -0.25) is 10.1 Å². The number of aromatic nitrogens is 1. The maximum atomic E-state index is 10.4. The van der Waals surface area contributed by atoms with Crippen LogP contribution in [0.2, 0.25) is 0 Å². The molecule has 0 atom stereocenters. The largest absolute Gasteiger partial charge is 0.441 e. The molecule has 0 amide bonds. The van der Waals surface area contributed by atoms with E-state index < -0.39 is 4.92 Å². The predicted molar refractivity (Wildman–Crippen MR) is 45.4 cm³/mol. The van der Waals surface area contributed by atoms with Crippen molar-refractivity contribution in [2.45, 2.75) is 6.92 Å². The van der Waals surface area contributed by atoms with Gasteiger partial charge in [-0.1, -0.05) is 0 Å². The van der Waals surface area contributed by atoms with E-state index in [1.807, 2.05) is 0 Å². The van der Waals surface area contributed by atoms with Gasteiger partial charge < -0.3 is 4.42 Å². The van der Waals surface area contributed by atoms with Crippen LogP contribution in [-0.4, -0.2) is 9.91 Å². The highest BCUT2D eigenvalue weighted by molar-refractivity contribution is 5.75. The Bertz CT molecular complexity index is 475. The van der Waals surface area contributed by atoms with Crippen molar-refractivity contribution in [1.29, 1.82) is 0 Å². The Labute approximate surface area is 73.1 Å². The summed E-state index contributed by atoms with van der Waals surface area (Å²) < 4.78 is 5.17. The lowest BCUT2D eigenvalue weighted by molar-refractivity contribution is -0.384. The van der Waals surface area contributed by atoms with Crippen LogP contribution < -0.4 is 0 Å². The summed E-state index contributed by atoms with van der Waals surface area (Å²) in [6, 6.07) is 4.34. The maximum Gasteiger partial charge on any atom is 0.271 e. The minimum Gasteiger partial charge on any atom is -0.441 e. The second-order valence-corrected chi connectivity index (χ2v) is 2.64. The summed E-state index contributed by atoms with van der Waals surface area (Å²) in [5.41, 5.74) is 1.12. The Kier molecular flexibility index (Phi) is 1.51. The van der Waals surface area contributed by atoms with Crippen molar-refractivity contribution >= 4 is 16.8 Å². The average Bonchev–Trinajstić information content (AvgIpc) is 2.42. The third-order valence-electron chi connectivity index (χ3n) is 1.69. The van der Waals surface area contributed by atoms with E-state index in [2.05, 4.69) is 4.98 Å². The fourth-order valence-electron chi connectivity index (χ4n) is 1.14. The minimum atomic E-state index is -0.455. The molecule has 0 aliphatic rings. The van der Waals surface area contributed by atoms with Gasteiger partial charge in [0.1, 0.15) is 5.52 Å². The van der Waals surface area contributed by atoms with Crippen molar-refractivity contribution in [3.8, 4) is 0 Å². The zero-order valence-electron chi connectivity index (χ0n) is 6.85. The van der Waals surface area contributed by atoms with Gasteiger partial charge in [0.2, 0.25) is 0 Å². The Balaban J connectivity index is 2.67. The molecule has 0 fully saturated rings.